The zero-order valence-corrected chi connectivity index (χ0v) is 14.3. The van der Waals surface area contributed by atoms with Crippen molar-refractivity contribution in [2.24, 2.45) is 0 Å². The third-order valence-electron chi connectivity index (χ3n) is 3.46. The predicted octanol–water partition coefficient (Wildman–Crippen LogP) is 3.97. The van der Waals surface area contributed by atoms with Crippen molar-refractivity contribution in [3.63, 3.8) is 0 Å². The molecule has 0 saturated heterocycles. The van der Waals surface area contributed by atoms with Gasteiger partial charge in [-0.25, -0.2) is 0 Å². The number of halogens is 1. The highest BCUT2D eigenvalue weighted by atomic mass is 35.5. The maximum Gasteiger partial charge on any atom is 0.224 e. The minimum absolute atomic E-state index is 0. The standard InChI is InChI=1S/C18H22N2O2.ClH/c1-3-22-15-9-10-17(13(2)12-15)20-18(21)11-8-14-6-4-5-7-16(14)19;/h4-7,9-10,12H,3,8,11,19H2,1-2H3,(H,20,21);1H. The molecule has 2 aromatic carbocycles. The predicted molar refractivity (Wildman–Crippen MR) is 97.4 cm³/mol. The second-order valence-electron chi connectivity index (χ2n) is 5.16. The fourth-order valence-corrected chi connectivity index (χ4v) is 2.26. The van der Waals surface area contributed by atoms with Crippen molar-refractivity contribution in [2.45, 2.75) is 26.7 Å². The Labute approximate surface area is 143 Å². The highest BCUT2D eigenvalue weighted by molar-refractivity contribution is 5.91. The number of anilines is 2. The Kier molecular flexibility index (Phi) is 7.42. The Bertz CT molecular complexity index is 659. The van der Waals surface area contributed by atoms with Gasteiger partial charge in [0.05, 0.1) is 6.61 Å². The summed E-state index contributed by atoms with van der Waals surface area (Å²) in [6.07, 6.45) is 1.04. The number of amides is 1. The van der Waals surface area contributed by atoms with Crippen LogP contribution in [0.2, 0.25) is 0 Å². The maximum absolute atomic E-state index is 12.1. The van der Waals surface area contributed by atoms with Crippen molar-refractivity contribution >= 4 is 29.7 Å². The van der Waals surface area contributed by atoms with Crippen LogP contribution in [0.4, 0.5) is 11.4 Å². The number of nitrogens with one attached hydrogen (secondary N) is 1. The van der Waals surface area contributed by atoms with Crippen molar-refractivity contribution in [1.82, 2.24) is 0 Å². The average Bonchev–Trinajstić information content (AvgIpc) is 2.49. The number of carbonyl (C=O) groups is 1. The van der Waals surface area contributed by atoms with Gasteiger partial charge in [0.2, 0.25) is 5.91 Å². The zero-order valence-electron chi connectivity index (χ0n) is 13.5. The van der Waals surface area contributed by atoms with Crippen LogP contribution in [0.15, 0.2) is 42.5 Å². The zero-order chi connectivity index (χ0) is 15.9. The monoisotopic (exact) mass is 334 g/mol. The minimum atomic E-state index is -0.0180. The van der Waals surface area contributed by atoms with Gasteiger partial charge in [0.1, 0.15) is 5.75 Å². The Balaban J connectivity index is 0.00000264. The number of aryl methyl sites for hydroxylation is 2. The Morgan fingerprint density at radius 3 is 2.61 bits per heavy atom. The van der Waals surface area contributed by atoms with E-state index in [1.807, 2.05) is 56.3 Å². The smallest absolute Gasteiger partial charge is 0.224 e. The molecular formula is C18H23ClN2O2. The number of para-hydroxylation sites is 1. The summed E-state index contributed by atoms with van der Waals surface area (Å²) in [5, 5.41) is 2.93. The molecule has 0 bridgehead atoms. The van der Waals surface area contributed by atoms with Gasteiger partial charge < -0.3 is 15.8 Å². The molecule has 0 saturated carbocycles. The van der Waals surface area contributed by atoms with Crippen LogP contribution in [0.25, 0.3) is 0 Å². The largest absolute Gasteiger partial charge is 0.494 e. The lowest BCUT2D eigenvalue weighted by Gasteiger charge is -2.11. The number of nitrogen functional groups attached to an aromatic ring is 1. The number of ether oxygens (including phenoxy) is 1. The average molecular weight is 335 g/mol. The molecule has 0 aliphatic carbocycles. The number of benzene rings is 2. The lowest BCUT2D eigenvalue weighted by atomic mass is 10.1. The highest BCUT2D eigenvalue weighted by Gasteiger charge is 2.07. The summed E-state index contributed by atoms with van der Waals surface area (Å²) in [5.74, 6) is 0.797. The van der Waals surface area contributed by atoms with Crippen molar-refractivity contribution < 1.29 is 9.53 Å². The molecule has 23 heavy (non-hydrogen) atoms. The summed E-state index contributed by atoms with van der Waals surface area (Å²) in [4.78, 5) is 12.1. The van der Waals surface area contributed by atoms with Crippen molar-refractivity contribution in [3.8, 4) is 5.75 Å². The summed E-state index contributed by atoms with van der Waals surface area (Å²) >= 11 is 0. The number of hydrogen-bond donors (Lipinski definition) is 2. The second-order valence-corrected chi connectivity index (χ2v) is 5.16. The molecule has 0 fully saturated rings. The first kappa shape index (κ1) is 18.8. The number of nitrogens with two attached hydrogens (primary N) is 1. The molecule has 0 aliphatic rings. The first-order chi connectivity index (χ1) is 10.6. The minimum Gasteiger partial charge on any atom is -0.494 e. The van der Waals surface area contributed by atoms with Gasteiger partial charge in [0.25, 0.3) is 0 Å². The van der Waals surface area contributed by atoms with E-state index in [1.165, 1.54) is 0 Å². The molecule has 4 nitrogen and oxygen atoms in total. The maximum atomic E-state index is 12.1. The Hall–Kier alpha value is -2.20. The van der Waals surface area contributed by atoms with E-state index in [2.05, 4.69) is 5.32 Å². The van der Waals surface area contributed by atoms with E-state index in [-0.39, 0.29) is 18.3 Å². The topological polar surface area (TPSA) is 64.3 Å². The third-order valence-corrected chi connectivity index (χ3v) is 3.46. The molecule has 5 heteroatoms. The van der Waals surface area contributed by atoms with Crippen molar-refractivity contribution in [3.05, 3.63) is 53.6 Å². The summed E-state index contributed by atoms with van der Waals surface area (Å²) in [6, 6.07) is 13.3. The lowest BCUT2D eigenvalue weighted by molar-refractivity contribution is -0.116. The first-order valence-electron chi connectivity index (χ1n) is 7.47. The second kappa shape index (κ2) is 9.06. The molecule has 2 aromatic rings. The van der Waals surface area contributed by atoms with Gasteiger partial charge in [0.15, 0.2) is 0 Å². The SMILES string of the molecule is CCOc1ccc(NC(=O)CCc2ccccc2N)c(C)c1.Cl. The van der Waals surface area contributed by atoms with E-state index < -0.39 is 0 Å². The molecule has 0 radical (unpaired) electrons. The van der Waals surface area contributed by atoms with Crippen molar-refractivity contribution in [1.29, 1.82) is 0 Å². The fraction of sp³-hybridized carbons (Fsp3) is 0.278. The number of hydrogen-bond acceptors (Lipinski definition) is 3. The van der Waals surface area contributed by atoms with Gasteiger partial charge in [-0.05, 0) is 55.7 Å². The molecule has 0 aromatic heterocycles. The van der Waals surface area contributed by atoms with Gasteiger partial charge in [-0.3, -0.25) is 4.79 Å². The third kappa shape index (κ3) is 5.49. The Morgan fingerprint density at radius 1 is 1.22 bits per heavy atom. The van der Waals surface area contributed by atoms with Crippen LogP contribution < -0.4 is 15.8 Å². The molecule has 2 rings (SSSR count). The van der Waals surface area contributed by atoms with E-state index in [1.54, 1.807) is 0 Å². The van der Waals surface area contributed by atoms with Crippen LogP contribution in [0.3, 0.4) is 0 Å². The Morgan fingerprint density at radius 2 is 1.96 bits per heavy atom. The van der Waals surface area contributed by atoms with Crippen LogP contribution in [0.5, 0.6) is 5.75 Å². The molecule has 124 valence electrons. The molecule has 0 spiro atoms. The molecule has 0 heterocycles. The molecule has 0 aliphatic heterocycles. The normalized spacial score (nSPS) is 9.83. The van der Waals surface area contributed by atoms with Gasteiger partial charge in [-0.1, -0.05) is 18.2 Å². The van der Waals surface area contributed by atoms with E-state index in [0.29, 0.717) is 19.4 Å². The molecule has 1 amide bonds. The number of carbonyl (C=O) groups excluding carboxylic acids is 1. The van der Waals surface area contributed by atoms with Crippen LogP contribution in [-0.4, -0.2) is 12.5 Å². The van der Waals surface area contributed by atoms with Crippen LogP contribution in [0.1, 0.15) is 24.5 Å². The molecule has 0 atom stereocenters. The summed E-state index contributed by atoms with van der Waals surface area (Å²) in [7, 11) is 0. The van der Waals surface area contributed by atoms with E-state index in [4.69, 9.17) is 10.5 Å². The number of rotatable bonds is 6. The van der Waals surface area contributed by atoms with Gasteiger partial charge in [-0.15, -0.1) is 12.4 Å². The molecular weight excluding hydrogens is 312 g/mol. The van der Waals surface area contributed by atoms with Crippen molar-refractivity contribution in [2.75, 3.05) is 17.7 Å². The molecule has 3 N–H and O–H groups in total. The van der Waals surface area contributed by atoms with Crippen LogP contribution in [0, 0.1) is 6.92 Å². The van der Waals surface area contributed by atoms with Gasteiger partial charge >= 0.3 is 0 Å². The summed E-state index contributed by atoms with van der Waals surface area (Å²) in [5.41, 5.74) is 9.41. The van der Waals surface area contributed by atoms with E-state index in [0.717, 1.165) is 28.3 Å². The van der Waals surface area contributed by atoms with Gasteiger partial charge in [-0.2, -0.15) is 0 Å². The summed E-state index contributed by atoms with van der Waals surface area (Å²) < 4.78 is 5.44. The quantitative estimate of drug-likeness (QED) is 0.786. The van der Waals surface area contributed by atoms with Crippen LogP contribution >= 0.6 is 12.4 Å². The van der Waals surface area contributed by atoms with E-state index in [9.17, 15) is 4.79 Å². The van der Waals surface area contributed by atoms with E-state index >= 15 is 0 Å². The fourth-order valence-electron chi connectivity index (χ4n) is 2.26. The molecule has 0 unspecified atom stereocenters. The first-order valence-corrected chi connectivity index (χ1v) is 7.47. The van der Waals surface area contributed by atoms with Gasteiger partial charge in [0, 0.05) is 17.8 Å². The summed E-state index contributed by atoms with van der Waals surface area (Å²) in [6.45, 7) is 4.53. The highest BCUT2D eigenvalue weighted by Crippen LogP contribution is 2.22. The lowest BCUT2D eigenvalue weighted by Crippen LogP contribution is -2.13. The van der Waals surface area contributed by atoms with Crippen LogP contribution in [-0.2, 0) is 11.2 Å².